The smallest absolute Gasteiger partial charge is 0.241 e. The van der Waals surface area contributed by atoms with Crippen molar-refractivity contribution in [2.45, 2.75) is 26.3 Å². The number of hydrogen-bond donors (Lipinski definition) is 1. The highest BCUT2D eigenvalue weighted by molar-refractivity contribution is 6.35. The van der Waals surface area contributed by atoms with Crippen LogP contribution in [0.1, 0.15) is 20.3 Å². The Hall–Kier alpha value is -0.810. The fourth-order valence-electron chi connectivity index (χ4n) is 2.93. The van der Waals surface area contributed by atoms with Crippen LogP contribution in [0.3, 0.4) is 0 Å². The molecular weight excluding hydrogens is 333 g/mol. The second kappa shape index (κ2) is 8.34. The molecule has 1 aromatic rings. The minimum absolute atomic E-state index is 0.0429. The van der Waals surface area contributed by atoms with E-state index in [1.807, 2.05) is 6.92 Å². The molecule has 0 aliphatic carbocycles. The normalized spacial score (nSPS) is 20.0. The second-order valence-corrected chi connectivity index (χ2v) is 7.14. The van der Waals surface area contributed by atoms with Crippen LogP contribution < -0.4 is 5.32 Å². The Morgan fingerprint density at radius 2 is 2.22 bits per heavy atom. The van der Waals surface area contributed by atoms with Gasteiger partial charge in [0.05, 0.1) is 16.8 Å². The molecule has 128 valence electrons. The summed E-state index contributed by atoms with van der Waals surface area (Å²) in [5, 5.41) is 3.94. The number of benzene rings is 1. The van der Waals surface area contributed by atoms with Crippen molar-refractivity contribution in [3.8, 4) is 0 Å². The molecule has 0 saturated carbocycles. The molecule has 1 aliphatic heterocycles. The van der Waals surface area contributed by atoms with Gasteiger partial charge in [0.15, 0.2) is 0 Å². The van der Waals surface area contributed by atoms with E-state index in [0.717, 1.165) is 32.6 Å². The van der Waals surface area contributed by atoms with Gasteiger partial charge in [0.2, 0.25) is 5.91 Å². The Labute approximate surface area is 148 Å². The van der Waals surface area contributed by atoms with Gasteiger partial charge in [-0.15, -0.1) is 0 Å². The molecule has 1 aliphatic rings. The van der Waals surface area contributed by atoms with Crippen molar-refractivity contribution in [3.05, 3.63) is 28.2 Å². The first-order valence-electron chi connectivity index (χ1n) is 8.09. The molecule has 1 N–H and O–H groups in total. The van der Waals surface area contributed by atoms with Gasteiger partial charge < -0.3 is 10.2 Å². The first-order chi connectivity index (χ1) is 10.9. The average Bonchev–Trinajstić information content (AvgIpc) is 2.98. The number of rotatable bonds is 6. The first-order valence-corrected chi connectivity index (χ1v) is 8.84. The van der Waals surface area contributed by atoms with E-state index < -0.39 is 0 Å². The largest absolute Gasteiger partial charge is 0.323 e. The highest BCUT2D eigenvalue weighted by Crippen LogP contribution is 2.26. The lowest BCUT2D eigenvalue weighted by molar-refractivity contribution is -0.120. The molecule has 23 heavy (non-hydrogen) atoms. The summed E-state index contributed by atoms with van der Waals surface area (Å²) >= 11 is 12.1. The van der Waals surface area contributed by atoms with Crippen LogP contribution in [-0.4, -0.2) is 55.0 Å². The molecule has 0 spiro atoms. The van der Waals surface area contributed by atoms with Crippen molar-refractivity contribution in [3.63, 3.8) is 0 Å². The summed E-state index contributed by atoms with van der Waals surface area (Å²) < 4.78 is 0. The van der Waals surface area contributed by atoms with Crippen LogP contribution in [0.25, 0.3) is 0 Å². The van der Waals surface area contributed by atoms with Crippen molar-refractivity contribution in [1.82, 2.24) is 9.80 Å². The molecule has 1 aromatic carbocycles. The Morgan fingerprint density at radius 1 is 1.48 bits per heavy atom. The van der Waals surface area contributed by atoms with Gasteiger partial charge in [0.25, 0.3) is 0 Å². The van der Waals surface area contributed by atoms with Gasteiger partial charge in [-0.1, -0.05) is 30.1 Å². The Bertz CT molecular complexity index is 553. The maximum atomic E-state index is 12.5. The molecule has 4 nitrogen and oxygen atoms in total. The van der Waals surface area contributed by atoms with E-state index in [-0.39, 0.29) is 11.9 Å². The SMILES string of the molecule is CCN(C)C[C@H]1CCN([C@@H](C)C(=O)Nc2cc(Cl)ccc2Cl)C1. The van der Waals surface area contributed by atoms with Gasteiger partial charge in [-0.3, -0.25) is 9.69 Å². The minimum Gasteiger partial charge on any atom is -0.323 e. The molecule has 1 heterocycles. The van der Waals surface area contributed by atoms with Crippen molar-refractivity contribution < 1.29 is 4.79 Å². The van der Waals surface area contributed by atoms with Gasteiger partial charge in [0, 0.05) is 18.1 Å². The molecule has 1 fully saturated rings. The third-order valence-electron chi connectivity index (χ3n) is 4.54. The summed E-state index contributed by atoms with van der Waals surface area (Å²) in [4.78, 5) is 17.0. The number of hydrogen-bond acceptors (Lipinski definition) is 3. The maximum Gasteiger partial charge on any atom is 0.241 e. The highest BCUT2D eigenvalue weighted by atomic mass is 35.5. The zero-order valence-electron chi connectivity index (χ0n) is 14.0. The third-order valence-corrected chi connectivity index (χ3v) is 5.11. The first kappa shape index (κ1) is 18.5. The van der Waals surface area contributed by atoms with Gasteiger partial charge >= 0.3 is 0 Å². The average molecular weight is 358 g/mol. The highest BCUT2D eigenvalue weighted by Gasteiger charge is 2.30. The monoisotopic (exact) mass is 357 g/mol. The Morgan fingerprint density at radius 3 is 2.91 bits per heavy atom. The van der Waals surface area contributed by atoms with Crippen molar-refractivity contribution in [2.75, 3.05) is 38.5 Å². The number of carbonyl (C=O) groups excluding carboxylic acids is 1. The quantitative estimate of drug-likeness (QED) is 0.844. The number of nitrogens with zero attached hydrogens (tertiary/aromatic N) is 2. The van der Waals surface area contributed by atoms with Crippen molar-refractivity contribution in [1.29, 1.82) is 0 Å². The molecule has 0 unspecified atom stereocenters. The van der Waals surface area contributed by atoms with E-state index >= 15 is 0 Å². The molecule has 1 amide bonds. The van der Waals surface area contributed by atoms with Crippen LogP contribution in [0.2, 0.25) is 10.0 Å². The number of amides is 1. The molecular formula is C17H25Cl2N3O. The minimum atomic E-state index is -0.179. The standard InChI is InChI=1S/C17H25Cl2N3O/c1-4-21(3)10-13-7-8-22(11-13)12(2)17(23)20-16-9-14(18)5-6-15(16)19/h5-6,9,12-13H,4,7-8,10-11H2,1-3H3,(H,20,23)/t12-,13+/m0/s1. The van der Waals surface area contributed by atoms with E-state index in [0.29, 0.717) is 21.7 Å². The number of carbonyl (C=O) groups is 1. The number of anilines is 1. The predicted octanol–water partition coefficient (Wildman–Crippen LogP) is 3.59. The molecule has 1 saturated heterocycles. The van der Waals surface area contributed by atoms with Crippen LogP contribution in [0.15, 0.2) is 18.2 Å². The van der Waals surface area contributed by atoms with E-state index in [1.165, 1.54) is 0 Å². The van der Waals surface area contributed by atoms with Crippen LogP contribution >= 0.6 is 23.2 Å². The summed E-state index contributed by atoms with van der Waals surface area (Å²) in [6.07, 6.45) is 1.14. The van der Waals surface area contributed by atoms with E-state index in [1.54, 1.807) is 18.2 Å². The second-order valence-electron chi connectivity index (χ2n) is 6.29. The summed E-state index contributed by atoms with van der Waals surface area (Å²) in [6, 6.07) is 4.90. The fourth-order valence-corrected chi connectivity index (χ4v) is 3.27. The van der Waals surface area contributed by atoms with Gasteiger partial charge in [-0.2, -0.15) is 0 Å². The van der Waals surface area contributed by atoms with E-state index in [9.17, 15) is 4.79 Å². The molecule has 2 atom stereocenters. The van der Waals surface area contributed by atoms with Crippen molar-refractivity contribution in [2.24, 2.45) is 5.92 Å². The lowest BCUT2D eigenvalue weighted by Gasteiger charge is -2.24. The number of likely N-dealkylation sites (tertiary alicyclic amines) is 1. The third kappa shape index (κ3) is 5.08. The lowest BCUT2D eigenvalue weighted by Crippen LogP contribution is -2.41. The van der Waals surface area contributed by atoms with Gasteiger partial charge in [-0.25, -0.2) is 0 Å². The van der Waals surface area contributed by atoms with Crippen LogP contribution in [0.5, 0.6) is 0 Å². The zero-order chi connectivity index (χ0) is 17.0. The molecule has 6 heteroatoms. The summed E-state index contributed by atoms with van der Waals surface area (Å²) in [5.74, 6) is 0.587. The molecule has 2 rings (SSSR count). The summed E-state index contributed by atoms with van der Waals surface area (Å²) in [5.41, 5.74) is 0.567. The number of halogens is 2. The fraction of sp³-hybridized carbons (Fsp3) is 0.588. The van der Waals surface area contributed by atoms with Crippen LogP contribution in [-0.2, 0) is 4.79 Å². The lowest BCUT2D eigenvalue weighted by atomic mass is 10.1. The van der Waals surface area contributed by atoms with Crippen molar-refractivity contribution >= 4 is 34.8 Å². The van der Waals surface area contributed by atoms with E-state index in [2.05, 4.69) is 29.1 Å². The maximum absolute atomic E-state index is 12.5. The molecule has 0 bridgehead atoms. The summed E-state index contributed by atoms with van der Waals surface area (Å²) in [6.45, 7) is 8.17. The molecule has 0 radical (unpaired) electrons. The van der Waals surface area contributed by atoms with Gasteiger partial charge in [0.1, 0.15) is 0 Å². The van der Waals surface area contributed by atoms with Crippen LogP contribution in [0, 0.1) is 5.92 Å². The number of nitrogens with one attached hydrogen (secondary N) is 1. The van der Waals surface area contributed by atoms with Gasteiger partial charge in [-0.05, 0) is 57.6 Å². The molecule has 0 aromatic heterocycles. The topological polar surface area (TPSA) is 35.6 Å². The predicted molar refractivity (Wildman–Crippen MR) is 97.4 cm³/mol. The zero-order valence-corrected chi connectivity index (χ0v) is 15.5. The van der Waals surface area contributed by atoms with E-state index in [4.69, 9.17) is 23.2 Å². The Kier molecular flexibility index (Phi) is 6.72. The summed E-state index contributed by atoms with van der Waals surface area (Å²) in [7, 11) is 2.14. The Balaban J connectivity index is 1.91. The van der Waals surface area contributed by atoms with Crippen LogP contribution in [0.4, 0.5) is 5.69 Å².